The molecule has 2 aromatic rings. The Morgan fingerprint density at radius 2 is 2.06 bits per heavy atom. The monoisotopic (exact) mass is 301 g/mol. The number of hydrogen-bond acceptors (Lipinski definition) is 2. The van der Waals surface area contributed by atoms with Gasteiger partial charge in [-0.3, -0.25) is 4.98 Å². The first-order valence-electron chi connectivity index (χ1n) is 5.55. The number of halogens is 1. The fraction of sp³-hybridized carbons (Fsp3) is 0.133. The Labute approximate surface area is 115 Å². The van der Waals surface area contributed by atoms with Gasteiger partial charge in [-0.2, -0.15) is 0 Å². The van der Waals surface area contributed by atoms with E-state index in [0.29, 0.717) is 6.61 Å². The van der Waals surface area contributed by atoms with Gasteiger partial charge in [0, 0.05) is 10.7 Å². The minimum Gasteiger partial charge on any atom is -0.486 e. The molecule has 0 aliphatic carbocycles. The predicted octanol–water partition coefficient (Wildman–Crippen LogP) is 3.79. The number of aromatic nitrogens is 1. The van der Waals surface area contributed by atoms with Crippen LogP contribution in [0.5, 0.6) is 5.75 Å². The number of ether oxygens (including phenoxy) is 1. The highest BCUT2D eigenvalue weighted by Crippen LogP contribution is 2.20. The topological polar surface area (TPSA) is 22.1 Å². The first-order chi connectivity index (χ1) is 8.81. The van der Waals surface area contributed by atoms with Crippen LogP contribution < -0.4 is 4.74 Å². The Bertz CT molecular complexity index is 599. The Kier molecular flexibility index (Phi) is 4.38. The minimum absolute atomic E-state index is 0.420. The zero-order valence-corrected chi connectivity index (χ0v) is 11.6. The van der Waals surface area contributed by atoms with Crippen LogP contribution in [-0.2, 0) is 6.61 Å². The molecule has 0 bridgehead atoms. The largest absolute Gasteiger partial charge is 0.486 e. The SMILES string of the molecule is CC#Cc1ccccc1OCc1ncccc1Br. The van der Waals surface area contributed by atoms with Crippen LogP contribution in [0.2, 0.25) is 0 Å². The van der Waals surface area contributed by atoms with Crippen molar-refractivity contribution < 1.29 is 4.74 Å². The lowest BCUT2D eigenvalue weighted by atomic mass is 10.2. The second kappa shape index (κ2) is 6.23. The molecule has 1 aromatic carbocycles. The van der Waals surface area contributed by atoms with Gasteiger partial charge in [-0.1, -0.05) is 18.1 Å². The normalized spacial score (nSPS) is 9.44. The van der Waals surface area contributed by atoms with E-state index in [2.05, 4.69) is 32.8 Å². The summed E-state index contributed by atoms with van der Waals surface area (Å²) in [6.07, 6.45) is 1.75. The van der Waals surface area contributed by atoms with E-state index in [1.165, 1.54) is 0 Å². The smallest absolute Gasteiger partial charge is 0.135 e. The van der Waals surface area contributed by atoms with Crippen molar-refractivity contribution in [3.63, 3.8) is 0 Å². The van der Waals surface area contributed by atoms with E-state index in [4.69, 9.17) is 4.74 Å². The van der Waals surface area contributed by atoms with Crippen LogP contribution in [0.15, 0.2) is 47.1 Å². The highest BCUT2D eigenvalue weighted by Gasteiger charge is 2.04. The fourth-order valence-corrected chi connectivity index (χ4v) is 1.87. The van der Waals surface area contributed by atoms with Crippen LogP contribution >= 0.6 is 15.9 Å². The molecule has 0 unspecified atom stereocenters. The van der Waals surface area contributed by atoms with Gasteiger partial charge in [-0.05, 0) is 47.1 Å². The lowest BCUT2D eigenvalue weighted by Crippen LogP contribution is -2.00. The Morgan fingerprint density at radius 1 is 1.22 bits per heavy atom. The Hall–Kier alpha value is -1.79. The molecule has 2 nitrogen and oxygen atoms in total. The molecular formula is C15H12BrNO. The molecular weight excluding hydrogens is 290 g/mol. The lowest BCUT2D eigenvalue weighted by molar-refractivity contribution is 0.299. The number of pyridine rings is 1. The maximum atomic E-state index is 5.76. The van der Waals surface area contributed by atoms with Gasteiger partial charge in [-0.25, -0.2) is 0 Å². The predicted molar refractivity (Wildman–Crippen MR) is 75.3 cm³/mol. The molecule has 2 rings (SSSR count). The van der Waals surface area contributed by atoms with Gasteiger partial charge in [0.05, 0.1) is 11.3 Å². The van der Waals surface area contributed by atoms with E-state index in [0.717, 1.165) is 21.5 Å². The number of hydrogen-bond donors (Lipinski definition) is 0. The van der Waals surface area contributed by atoms with E-state index in [1.54, 1.807) is 6.20 Å². The molecule has 0 spiro atoms. The summed E-state index contributed by atoms with van der Waals surface area (Å²) in [7, 11) is 0. The first kappa shape index (κ1) is 12.7. The molecule has 0 aliphatic rings. The van der Waals surface area contributed by atoms with Crippen LogP contribution in [0.25, 0.3) is 0 Å². The standard InChI is InChI=1S/C15H12BrNO/c1-2-6-12-7-3-4-9-15(12)18-11-14-13(16)8-5-10-17-14/h3-5,7-10H,11H2,1H3. The zero-order chi connectivity index (χ0) is 12.8. The molecule has 90 valence electrons. The third-order valence-electron chi connectivity index (χ3n) is 2.35. The molecule has 1 heterocycles. The molecule has 0 saturated carbocycles. The molecule has 0 fully saturated rings. The molecule has 0 N–H and O–H groups in total. The van der Waals surface area contributed by atoms with Crippen molar-refractivity contribution in [2.24, 2.45) is 0 Å². The van der Waals surface area contributed by atoms with Crippen LogP contribution in [-0.4, -0.2) is 4.98 Å². The minimum atomic E-state index is 0.420. The maximum Gasteiger partial charge on any atom is 0.135 e. The highest BCUT2D eigenvalue weighted by atomic mass is 79.9. The Balaban J connectivity index is 2.15. The fourth-order valence-electron chi connectivity index (χ4n) is 1.50. The Morgan fingerprint density at radius 3 is 2.83 bits per heavy atom. The summed E-state index contributed by atoms with van der Waals surface area (Å²) in [5.74, 6) is 6.68. The molecule has 0 radical (unpaired) electrons. The van der Waals surface area contributed by atoms with Crippen LogP contribution in [0, 0.1) is 11.8 Å². The zero-order valence-electron chi connectivity index (χ0n) is 9.98. The number of benzene rings is 1. The molecule has 0 amide bonds. The summed E-state index contributed by atoms with van der Waals surface area (Å²) in [5.41, 5.74) is 1.77. The molecule has 1 aromatic heterocycles. The second-order valence-electron chi connectivity index (χ2n) is 3.59. The highest BCUT2D eigenvalue weighted by molar-refractivity contribution is 9.10. The van der Waals surface area contributed by atoms with Crippen molar-refractivity contribution in [2.45, 2.75) is 13.5 Å². The van der Waals surface area contributed by atoms with Crippen LogP contribution in [0.4, 0.5) is 0 Å². The summed E-state index contributed by atoms with van der Waals surface area (Å²) in [4.78, 5) is 4.26. The summed E-state index contributed by atoms with van der Waals surface area (Å²) < 4.78 is 6.71. The summed E-state index contributed by atoms with van der Waals surface area (Å²) in [5, 5.41) is 0. The van der Waals surface area contributed by atoms with Crippen LogP contribution in [0.3, 0.4) is 0 Å². The van der Waals surface area contributed by atoms with Crippen molar-refractivity contribution in [3.8, 4) is 17.6 Å². The maximum absolute atomic E-state index is 5.76. The third-order valence-corrected chi connectivity index (χ3v) is 3.07. The van der Waals surface area contributed by atoms with Crippen molar-refractivity contribution in [1.29, 1.82) is 0 Å². The average Bonchev–Trinajstić information content (AvgIpc) is 2.40. The lowest BCUT2D eigenvalue weighted by Gasteiger charge is -2.08. The van der Waals surface area contributed by atoms with E-state index in [9.17, 15) is 0 Å². The van der Waals surface area contributed by atoms with Gasteiger partial charge in [-0.15, -0.1) is 5.92 Å². The number of para-hydroxylation sites is 1. The molecule has 0 atom stereocenters. The van der Waals surface area contributed by atoms with Crippen molar-refractivity contribution in [3.05, 3.63) is 58.3 Å². The van der Waals surface area contributed by atoms with Gasteiger partial charge in [0.2, 0.25) is 0 Å². The van der Waals surface area contributed by atoms with E-state index >= 15 is 0 Å². The molecule has 18 heavy (non-hydrogen) atoms. The van der Waals surface area contributed by atoms with E-state index < -0.39 is 0 Å². The number of rotatable bonds is 3. The van der Waals surface area contributed by atoms with Gasteiger partial charge in [0.25, 0.3) is 0 Å². The molecule has 0 saturated heterocycles. The van der Waals surface area contributed by atoms with Gasteiger partial charge in [0.15, 0.2) is 0 Å². The third kappa shape index (κ3) is 3.12. The van der Waals surface area contributed by atoms with E-state index in [-0.39, 0.29) is 0 Å². The number of nitrogens with zero attached hydrogens (tertiary/aromatic N) is 1. The first-order valence-corrected chi connectivity index (χ1v) is 6.34. The molecule has 0 aliphatic heterocycles. The van der Waals surface area contributed by atoms with Gasteiger partial charge in [0.1, 0.15) is 12.4 Å². The summed E-state index contributed by atoms with van der Waals surface area (Å²) >= 11 is 3.45. The van der Waals surface area contributed by atoms with Gasteiger partial charge < -0.3 is 4.74 Å². The van der Waals surface area contributed by atoms with Crippen LogP contribution in [0.1, 0.15) is 18.2 Å². The summed E-state index contributed by atoms with van der Waals surface area (Å²) in [6, 6.07) is 11.6. The average molecular weight is 302 g/mol. The van der Waals surface area contributed by atoms with Gasteiger partial charge >= 0.3 is 0 Å². The molecule has 3 heteroatoms. The second-order valence-corrected chi connectivity index (χ2v) is 4.45. The van der Waals surface area contributed by atoms with Crippen molar-refractivity contribution >= 4 is 15.9 Å². The van der Waals surface area contributed by atoms with Crippen molar-refractivity contribution in [1.82, 2.24) is 4.98 Å². The quantitative estimate of drug-likeness (QED) is 0.805. The van der Waals surface area contributed by atoms with Crippen molar-refractivity contribution in [2.75, 3.05) is 0 Å². The summed E-state index contributed by atoms with van der Waals surface area (Å²) in [6.45, 7) is 2.23. The van der Waals surface area contributed by atoms with E-state index in [1.807, 2.05) is 43.3 Å².